The molecule has 9 nitrogen and oxygen atoms in total. The molecule has 0 radical (unpaired) electrons. The Morgan fingerprint density at radius 3 is 2.50 bits per heavy atom. The van der Waals surface area contributed by atoms with Crippen LogP contribution < -0.4 is 10.1 Å². The van der Waals surface area contributed by atoms with E-state index in [1.165, 1.54) is 30.5 Å². The number of carbonyl (C=O) groups excluding carboxylic acids is 2. The molecular formula is C24H22Cl2N2O7S. The van der Waals surface area contributed by atoms with Crippen molar-refractivity contribution in [2.45, 2.75) is 29.7 Å². The summed E-state index contributed by atoms with van der Waals surface area (Å²) < 4.78 is 33.6. The lowest BCUT2D eigenvalue weighted by Gasteiger charge is -2.30. The molecule has 0 bridgehead atoms. The second-order valence-electron chi connectivity index (χ2n) is 8.63. The van der Waals surface area contributed by atoms with Gasteiger partial charge in [-0.05, 0) is 60.9 Å². The Morgan fingerprint density at radius 2 is 1.86 bits per heavy atom. The zero-order chi connectivity index (χ0) is 26.3. The Bertz CT molecular complexity index is 1350. The predicted molar refractivity (Wildman–Crippen MR) is 131 cm³/mol. The van der Waals surface area contributed by atoms with E-state index in [1.54, 1.807) is 18.2 Å². The van der Waals surface area contributed by atoms with Crippen molar-refractivity contribution < 1.29 is 32.6 Å². The summed E-state index contributed by atoms with van der Waals surface area (Å²) in [5.74, 6) is -4.25. The van der Waals surface area contributed by atoms with Crippen LogP contribution in [0.3, 0.4) is 0 Å². The van der Waals surface area contributed by atoms with E-state index in [9.17, 15) is 27.9 Å². The van der Waals surface area contributed by atoms with Gasteiger partial charge in [0.25, 0.3) is 10.0 Å². The third kappa shape index (κ3) is 4.68. The summed E-state index contributed by atoms with van der Waals surface area (Å²) in [6.07, 6.45) is 0.633. The van der Waals surface area contributed by atoms with Crippen LogP contribution in [0.2, 0.25) is 10.0 Å². The molecule has 2 unspecified atom stereocenters. The van der Waals surface area contributed by atoms with Gasteiger partial charge in [-0.3, -0.25) is 14.4 Å². The first kappa shape index (κ1) is 26.0. The highest BCUT2D eigenvalue weighted by Gasteiger charge is 2.70. The maximum Gasteiger partial charge on any atom is 0.303 e. The van der Waals surface area contributed by atoms with Crippen molar-refractivity contribution in [3.63, 3.8) is 0 Å². The highest BCUT2D eigenvalue weighted by atomic mass is 35.5. The van der Waals surface area contributed by atoms with Crippen molar-refractivity contribution in [2.75, 3.05) is 6.54 Å². The zero-order valence-corrected chi connectivity index (χ0v) is 21.1. The zero-order valence-electron chi connectivity index (χ0n) is 18.8. The molecule has 2 aromatic carbocycles. The number of benzene rings is 2. The van der Waals surface area contributed by atoms with Crippen LogP contribution in [-0.2, 0) is 30.8 Å². The van der Waals surface area contributed by atoms with E-state index in [-0.39, 0.29) is 29.3 Å². The standard InChI is InChI=1S/C24H22Cl2N2O7S/c1-2-35-20-8-5-18(26)10-14(20)9-15-13-27-23(32)24(12-16(24)11-21(29)30)28(22(15)31)36(33,34)19-6-3-17(25)4-7-19/h2-8,10,15-16H,1,9,11-13H2,(H,27,32)(H,29,30)/t15-,16?,24?/m0/s1. The molecule has 2 aliphatic rings. The normalized spacial score (nSPS) is 23.7. The largest absolute Gasteiger partial charge is 0.481 e. The number of nitrogens with one attached hydrogen (secondary N) is 1. The van der Waals surface area contributed by atoms with Gasteiger partial charge in [0.15, 0.2) is 0 Å². The van der Waals surface area contributed by atoms with Gasteiger partial charge < -0.3 is 15.2 Å². The summed E-state index contributed by atoms with van der Waals surface area (Å²) in [7, 11) is -4.55. The minimum Gasteiger partial charge on any atom is -0.481 e. The summed E-state index contributed by atoms with van der Waals surface area (Å²) >= 11 is 12.0. The molecule has 3 atom stereocenters. The third-order valence-corrected chi connectivity index (χ3v) is 8.70. The molecule has 12 heteroatoms. The SMILES string of the molecule is C=COc1ccc(Cl)cc1C[C@H]1CNC(=O)C2(CC2CC(=O)O)N(S(=O)(=O)c2ccc(Cl)cc2)C1=O. The molecule has 2 N–H and O–H groups in total. The minimum atomic E-state index is -4.55. The molecule has 36 heavy (non-hydrogen) atoms. The number of carboxylic acid groups (broad SMARTS) is 1. The van der Waals surface area contributed by atoms with Gasteiger partial charge in [-0.2, -0.15) is 0 Å². The number of sulfonamides is 1. The van der Waals surface area contributed by atoms with Gasteiger partial charge in [0.05, 0.1) is 23.5 Å². The highest BCUT2D eigenvalue weighted by Crippen LogP contribution is 2.54. The van der Waals surface area contributed by atoms with Crippen LogP contribution in [0.15, 0.2) is 60.2 Å². The van der Waals surface area contributed by atoms with Crippen molar-refractivity contribution in [1.29, 1.82) is 0 Å². The van der Waals surface area contributed by atoms with Crippen LogP contribution in [0.5, 0.6) is 5.75 Å². The number of nitrogens with zero attached hydrogens (tertiary/aromatic N) is 1. The van der Waals surface area contributed by atoms with E-state index < -0.39 is 51.6 Å². The molecule has 1 heterocycles. The Kier molecular flexibility index (Phi) is 7.05. The van der Waals surface area contributed by atoms with Gasteiger partial charge in [0.2, 0.25) is 11.8 Å². The predicted octanol–water partition coefficient (Wildman–Crippen LogP) is 3.26. The van der Waals surface area contributed by atoms with Crippen LogP contribution in [0.25, 0.3) is 0 Å². The summed E-state index contributed by atoms with van der Waals surface area (Å²) in [6, 6.07) is 9.94. The van der Waals surface area contributed by atoms with Gasteiger partial charge in [-0.1, -0.05) is 29.8 Å². The number of halogens is 2. The average Bonchev–Trinajstić information content (AvgIpc) is 3.52. The number of amides is 2. The lowest BCUT2D eigenvalue weighted by Crippen LogP contribution is -2.53. The van der Waals surface area contributed by atoms with E-state index >= 15 is 0 Å². The molecule has 4 rings (SSSR count). The number of aliphatic carboxylic acids is 1. The third-order valence-electron chi connectivity index (χ3n) is 6.36. The smallest absolute Gasteiger partial charge is 0.303 e. The van der Waals surface area contributed by atoms with Crippen LogP contribution in [-0.4, -0.2) is 47.7 Å². The molecule has 1 saturated heterocycles. The molecule has 1 saturated carbocycles. The van der Waals surface area contributed by atoms with Crippen LogP contribution in [0.1, 0.15) is 18.4 Å². The van der Waals surface area contributed by atoms with E-state index in [1.807, 2.05) is 0 Å². The quantitative estimate of drug-likeness (QED) is 0.480. The van der Waals surface area contributed by atoms with Crippen molar-refractivity contribution in [2.24, 2.45) is 11.8 Å². The van der Waals surface area contributed by atoms with Crippen molar-refractivity contribution in [3.05, 3.63) is 70.9 Å². The number of rotatable bonds is 8. The molecule has 2 amide bonds. The van der Waals surface area contributed by atoms with Crippen LogP contribution in [0, 0.1) is 11.8 Å². The molecule has 1 spiro atoms. The number of ether oxygens (including phenoxy) is 1. The first-order chi connectivity index (χ1) is 17.0. The van der Waals surface area contributed by atoms with Crippen molar-refractivity contribution >= 4 is 51.0 Å². The Morgan fingerprint density at radius 1 is 1.19 bits per heavy atom. The van der Waals surface area contributed by atoms with Crippen LogP contribution >= 0.6 is 23.2 Å². The Hall–Kier alpha value is -3.08. The summed E-state index contributed by atoms with van der Waals surface area (Å²) in [4.78, 5) is 38.3. The maximum atomic E-state index is 13.9. The number of hydrogen-bond donors (Lipinski definition) is 2. The number of carbonyl (C=O) groups is 3. The summed E-state index contributed by atoms with van der Waals surface area (Å²) in [5, 5.41) is 12.6. The van der Waals surface area contributed by atoms with Crippen molar-refractivity contribution in [3.8, 4) is 5.75 Å². The second-order valence-corrected chi connectivity index (χ2v) is 11.3. The number of hydrogen-bond acceptors (Lipinski definition) is 6. The fraction of sp³-hybridized carbons (Fsp3) is 0.292. The van der Waals surface area contributed by atoms with E-state index in [0.717, 1.165) is 0 Å². The second kappa shape index (κ2) is 9.76. The molecule has 1 aliphatic heterocycles. The number of carboxylic acids is 1. The fourth-order valence-electron chi connectivity index (χ4n) is 4.59. The Labute approximate surface area is 217 Å². The molecule has 2 aromatic rings. The van der Waals surface area contributed by atoms with E-state index in [2.05, 4.69) is 11.9 Å². The van der Waals surface area contributed by atoms with Gasteiger partial charge in [0.1, 0.15) is 11.3 Å². The highest BCUT2D eigenvalue weighted by molar-refractivity contribution is 7.89. The van der Waals surface area contributed by atoms with Crippen molar-refractivity contribution in [1.82, 2.24) is 9.62 Å². The van der Waals surface area contributed by atoms with Gasteiger partial charge in [-0.15, -0.1) is 0 Å². The maximum absolute atomic E-state index is 13.9. The van der Waals surface area contributed by atoms with Crippen LogP contribution in [0.4, 0.5) is 0 Å². The van der Waals surface area contributed by atoms with E-state index in [4.69, 9.17) is 27.9 Å². The molecule has 0 aromatic heterocycles. The minimum absolute atomic E-state index is 0.00480. The Balaban J connectivity index is 1.80. The summed E-state index contributed by atoms with van der Waals surface area (Å²) in [6.45, 7) is 3.36. The first-order valence-corrected chi connectivity index (χ1v) is 13.1. The monoisotopic (exact) mass is 552 g/mol. The van der Waals surface area contributed by atoms with Gasteiger partial charge in [-0.25, -0.2) is 12.7 Å². The molecule has 190 valence electrons. The van der Waals surface area contributed by atoms with Gasteiger partial charge >= 0.3 is 5.97 Å². The van der Waals surface area contributed by atoms with E-state index in [0.29, 0.717) is 20.6 Å². The topological polar surface area (TPSA) is 130 Å². The molecule has 1 aliphatic carbocycles. The lowest BCUT2D eigenvalue weighted by molar-refractivity contribution is -0.139. The lowest BCUT2D eigenvalue weighted by atomic mass is 9.97. The van der Waals surface area contributed by atoms with Gasteiger partial charge in [0, 0.05) is 22.5 Å². The fourth-order valence-corrected chi connectivity index (χ4v) is 6.72. The first-order valence-electron chi connectivity index (χ1n) is 10.9. The molecular weight excluding hydrogens is 531 g/mol. The summed E-state index contributed by atoms with van der Waals surface area (Å²) in [5.41, 5.74) is -1.33. The molecule has 2 fully saturated rings. The average molecular weight is 553 g/mol.